The van der Waals surface area contributed by atoms with Crippen LogP contribution in [0.2, 0.25) is 5.02 Å². The Morgan fingerprint density at radius 1 is 0.968 bits per heavy atom. The Labute approximate surface area is 368 Å². The number of aromatic amines is 1. The molecule has 10 rings (SSSR count). The van der Waals surface area contributed by atoms with Gasteiger partial charge in [0.25, 0.3) is 21.6 Å². The summed E-state index contributed by atoms with van der Waals surface area (Å²) in [5, 5.41) is 13.7. The molecule has 320 valence electrons. The maximum absolute atomic E-state index is 14.0. The minimum absolute atomic E-state index is 0.0501. The van der Waals surface area contributed by atoms with E-state index in [2.05, 4.69) is 46.6 Å². The molecule has 1 amide bonds. The lowest BCUT2D eigenvalue weighted by Crippen LogP contribution is -2.47. The normalized spacial score (nSPS) is 17.3. The average molecular weight is 883 g/mol. The second-order valence-corrected chi connectivity index (χ2v) is 19.0. The maximum atomic E-state index is 14.0. The average Bonchev–Trinajstić information content (AvgIpc) is 3.94. The molecule has 14 nitrogen and oxygen atoms in total. The van der Waals surface area contributed by atoms with Gasteiger partial charge in [0.05, 0.1) is 38.5 Å². The molecular weight excluding hydrogens is 840 g/mol. The molecule has 5 heterocycles. The molecule has 1 spiro atoms. The van der Waals surface area contributed by atoms with Crippen LogP contribution in [0.1, 0.15) is 65.6 Å². The van der Waals surface area contributed by atoms with E-state index >= 15 is 0 Å². The number of sulfonamides is 1. The van der Waals surface area contributed by atoms with E-state index in [1.807, 2.05) is 18.2 Å². The number of allylic oxidation sites excluding steroid dienone is 1. The molecule has 0 atom stereocenters. The first-order chi connectivity index (χ1) is 30.5. The maximum Gasteiger partial charge on any atom is 0.276 e. The van der Waals surface area contributed by atoms with Crippen molar-refractivity contribution in [1.82, 2.24) is 24.6 Å². The molecule has 6 aromatic rings. The molecule has 0 unspecified atom stereocenters. The minimum Gasteiger partial charge on any atom is -0.455 e. The van der Waals surface area contributed by atoms with Crippen LogP contribution in [0.3, 0.4) is 0 Å². The molecule has 1 saturated heterocycles. The summed E-state index contributed by atoms with van der Waals surface area (Å²) in [5.41, 5.74) is 7.28. The summed E-state index contributed by atoms with van der Waals surface area (Å²) in [6, 6.07) is 22.7. The van der Waals surface area contributed by atoms with E-state index in [0.29, 0.717) is 28.1 Å². The second-order valence-electron chi connectivity index (χ2n) is 16.9. The van der Waals surface area contributed by atoms with E-state index in [1.54, 1.807) is 55.0 Å². The van der Waals surface area contributed by atoms with Crippen LogP contribution >= 0.6 is 11.6 Å². The number of halogens is 1. The number of hydrogen-bond acceptors (Lipinski definition) is 11. The summed E-state index contributed by atoms with van der Waals surface area (Å²) in [5.74, 6) is -0.506. The number of benzene rings is 3. The van der Waals surface area contributed by atoms with Crippen LogP contribution in [0.25, 0.3) is 16.6 Å². The topological polar surface area (TPSA) is 176 Å². The number of fused-ring (bicyclic) bond motifs is 2. The number of anilines is 1. The fourth-order valence-electron chi connectivity index (χ4n) is 9.41. The number of nitro groups is 1. The monoisotopic (exact) mass is 882 g/mol. The van der Waals surface area contributed by atoms with Crippen molar-refractivity contribution in [3.8, 4) is 11.5 Å². The summed E-state index contributed by atoms with van der Waals surface area (Å²) in [4.78, 5) is 46.0. The molecule has 63 heavy (non-hydrogen) atoms. The molecule has 4 aliphatic rings. The number of carbonyl (C=O) groups excluding carboxylic acids is 1. The molecule has 1 saturated carbocycles. The zero-order valence-electron chi connectivity index (χ0n) is 34.2. The Morgan fingerprint density at radius 3 is 2.54 bits per heavy atom. The number of nitro benzene ring substituents is 1. The smallest absolute Gasteiger partial charge is 0.276 e. The Balaban J connectivity index is 0.899. The fourth-order valence-corrected chi connectivity index (χ4v) is 10.5. The van der Waals surface area contributed by atoms with E-state index in [0.717, 1.165) is 67.7 Å². The SMILES string of the molecule is O=C(NS(=O)(=O)c1cc2c(c([N+](=O)[O-])c1)CC(c1cccnc1)=N2)c1ccc(N2CCN(CC3=C(c4ccc(Cl)cc4)CC4(CCC4)CC3)CC2)cc1Oc1cnc2[nH]ccc2c1. The van der Waals surface area contributed by atoms with Gasteiger partial charge in [0, 0.05) is 91.5 Å². The number of ether oxygens (including phenoxy) is 1. The minimum atomic E-state index is -4.64. The van der Waals surface area contributed by atoms with Gasteiger partial charge >= 0.3 is 0 Å². The summed E-state index contributed by atoms with van der Waals surface area (Å²) >= 11 is 6.28. The van der Waals surface area contributed by atoms with Gasteiger partial charge in [-0.3, -0.25) is 29.8 Å². The second kappa shape index (κ2) is 16.4. The van der Waals surface area contributed by atoms with Crippen LogP contribution in [-0.2, 0) is 16.4 Å². The third-order valence-corrected chi connectivity index (χ3v) is 14.6. The molecule has 2 aliphatic heterocycles. The number of piperazine rings is 1. The summed E-state index contributed by atoms with van der Waals surface area (Å²) in [6.45, 7) is 4.02. The number of amides is 1. The van der Waals surface area contributed by atoms with Crippen molar-refractivity contribution in [2.45, 2.75) is 49.8 Å². The molecule has 0 bridgehead atoms. The van der Waals surface area contributed by atoms with Gasteiger partial charge in [-0.15, -0.1) is 0 Å². The van der Waals surface area contributed by atoms with Crippen molar-refractivity contribution < 1.29 is 22.9 Å². The standard InChI is InChI=1S/C47H43ClN8O6S/c48-34-6-4-30(5-7-34)40-26-47(12-2-13-47)14-10-33(40)29-54-17-19-55(20-18-54)35-8-9-38(44(22-35)62-36-21-31-11-16-50-45(31)51-28-36)46(57)53-63(60,61)37-23-42-39(43(24-37)56(58)59)25-41(52-42)32-3-1-15-49-27-32/h1,3-9,11,15-16,21-24,27-28H,2,10,12-14,17-20,25-26,29H2,(H,50,51)(H,53,57). The van der Waals surface area contributed by atoms with Gasteiger partial charge in [0.2, 0.25) is 0 Å². The van der Waals surface area contributed by atoms with Gasteiger partial charge in [-0.25, -0.2) is 18.1 Å². The summed E-state index contributed by atoms with van der Waals surface area (Å²) in [6.07, 6.45) is 14.0. The van der Waals surface area contributed by atoms with Crippen molar-refractivity contribution in [2.24, 2.45) is 10.4 Å². The van der Waals surface area contributed by atoms with Crippen LogP contribution < -0.4 is 14.4 Å². The van der Waals surface area contributed by atoms with Crippen molar-refractivity contribution in [2.75, 3.05) is 37.6 Å². The third kappa shape index (κ3) is 8.19. The van der Waals surface area contributed by atoms with Crippen LogP contribution in [0.5, 0.6) is 11.5 Å². The Morgan fingerprint density at radius 2 is 1.79 bits per heavy atom. The van der Waals surface area contributed by atoms with Gasteiger partial charge in [0.15, 0.2) is 0 Å². The lowest BCUT2D eigenvalue weighted by Gasteiger charge is -2.47. The fraction of sp³-hybridized carbons (Fsp3) is 0.277. The number of hydrogen-bond donors (Lipinski definition) is 2. The molecule has 3 aromatic heterocycles. The highest BCUT2D eigenvalue weighted by atomic mass is 35.5. The number of H-pyrrole nitrogens is 1. The number of pyridine rings is 2. The van der Waals surface area contributed by atoms with Gasteiger partial charge in [0.1, 0.15) is 17.1 Å². The van der Waals surface area contributed by atoms with Gasteiger partial charge < -0.3 is 14.6 Å². The first-order valence-electron chi connectivity index (χ1n) is 21.0. The largest absolute Gasteiger partial charge is 0.455 e. The molecule has 2 aliphatic carbocycles. The first kappa shape index (κ1) is 40.6. The van der Waals surface area contributed by atoms with Gasteiger partial charge in [-0.05, 0) is 97.2 Å². The van der Waals surface area contributed by atoms with Crippen molar-refractivity contribution in [3.05, 3.63) is 147 Å². The van der Waals surface area contributed by atoms with Crippen LogP contribution in [0.15, 0.2) is 119 Å². The van der Waals surface area contributed by atoms with E-state index in [9.17, 15) is 23.3 Å². The molecule has 3 aromatic carbocycles. The lowest BCUT2D eigenvalue weighted by atomic mass is 9.59. The number of carbonyl (C=O) groups is 1. The number of aromatic nitrogens is 3. The summed E-state index contributed by atoms with van der Waals surface area (Å²) in [7, 11) is -4.64. The van der Waals surface area contributed by atoms with E-state index in [4.69, 9.17) is 16.3 Å². The zero-order valence-corrected chi connectivity index (χ0v) is 35.8. The number of rotatable bonds is 11. The third-order valence-electron chi connectivity index (χ3n) is 13.0. The number of nitrogens with zero attached hydrogens (tertiary/aromatic N) is 6. The highest BCUT2D eigenvalue weighted by Crippen LogP contribution is 2.55. The predicted octanol–water partition coefficient (Wildman–Crippen LogP) is 9.04. The molecule has 0 radical (unpaired) electrons. The van der Waals surface area contributed by atoms with Crippen LogP contribution in [-0.4, -0.2) is 77.5 Å². The molecule has 2 N–H and O–H groups in total. The lowest BCUT2D eigenvalue weighted by molar-refractivity contribution is -0.385. The van der Waals surface area contributed by atoms with Crippen molar-refractivity contribution in [1.29, 1.82) is 0 Å². The Hall–Kier alpha value is -6.42. The van der Waals surface area contributed by atoms with Crippen LogP contribution in [0.4, 0.5) is 17.1 Å². The van der Waals surface area contributed by atoms with Crippen molar-refractivity contribution >= 4 is 66.9 Å². The first-order valence-corrected chi connectivity index (χ1v) is 22.9. The van der Waals surface area contributed by atoms with Crippen molar-refractivity contribution in [3.63, 3.8) is 0 Å². The number of aliphatic imine (C=N–C) groups is 1. The quantitative estimate of drug-likeness (QED) is 0.0943. The molecule has 2 fully saturated rings. The summed E-state index contributed by atoms with van der Waals surface area (Å²) < 4.78 is 36.3. The van der Waals surface area contributed by atoms with E-state index < -0.39 is 31.4 Å². The Kier molecular flexibility index (Phi) is 10.6. The van der Waals surface area contributed by atoms with E-state index in [1.165, 1.54) is 54.7 Å². The predicted molar refractivity (Wildman–Crippen MR) is 242 cm³/mol. The highest BCUT2D eigenvalue weighted by Gasteiger charge is 2.41. The Bertz CT molecular complexity index is 2960. The highest BCUT2D eigenvalue weighted by molar-refractivity contribution is 7.90. The van der Waals surface area contributed by atoms with E-state index in [-0.39, 0.29) is 29.0 Å². The molecular formula is C47H43ClN8O6S. The molecule has 16 heteroatoms. The van der Waals surface area contributed by atoms with Crippen LogP contribution in [0, 0.1) is 15.5 Å². The zero-order chi connectivity index (χ0) is 43.3. The van der Waals surface area contributed by atoms with Gasteiger partial charge in [-0.1, -0.05) is 41.8 Å². The van der Waals surface area contributed by atoms with Gasteiger partial charge in [-0.2, -0.15) is 0 Å². The number of nitrogens with one attached hydrogen (secondary N) is 2.